The van der Waals surface area contributed by atoms with Crippen molar-refractivity contribution in [3.8, 4) is 11.5 Å². The molecule has 152 valence electrons. The van der Waals surface area contributed by atoms with Crippen LogP contribution in [-0.2, 0) is 14.2 Å². The van der Waals surface area contributed by atoms with Gasteiger partial charge in [0.15, 0.2) is 5.78 Å². The number of hydrogen-bond acceptors (Lipinski definition) is 6. The summed E-state index contributed by atoms with van der Waals surface area (Å²) in [6, 6.07) is 13.5. The van der Waals surface area contributed by atoms with Gasteiger partial charge in [-0.05, 0) is 32.9 Å². The minimum absolute atomic E-state index is 0.128. The minimum atomic E-state index is -1.15. The third-order valence-corrected chi connectivity index (χ3v) is 4.02. The molecule has 0 aromatic heterocycles. The van der Waals surface area contributed by atoms with Gasteiger partial charge in [-0.1, -0.05) is 30.3 Å². The monoisotopic (exact) mass is 388 g/mol. The Morgan fingerprint density at radius 3 is 2.07 bits per heavy atom. The van der Waals surface area contributed by atoms with Crippen LogP contribution >= 0.6 is 0 Å². The second-order valence-electron chi connectivity index (χ2n) is 5.95. The average Bonchev–Trinajstić information content (AvgIpc) is 2.69. The molecule has 0 saturated heterocycles. The number of aromatic hydroxyl groups is 1. The van der Waals surface area contributed by atoms with Crippen LogP contribution in [0.25, 0.3) is 0 Å². The van der Waals surface area contributed by atoms with Crippen LogP contribution in [0.2, 0.25) is 0 Å². The minimum Gasteiger partial charge on any atom is -0.507 e. The number of phenolic OH excluding ortho intramolecular Hbond substituents is 1. The number of carbonyl (C=O) groups is 1. The molecule has 0 aliphatic rings. The van der Waals surface area contributed by atoms with E-state index >= 15 is 0 Å². The second kappa shape index (κ2) is 10.8. The molecule has 0 bridgehead atoms. The highest BCUT2D eigenvalue weighted by Gasteiger charge is 2.32. The Morgan fingerprint density at radius 2 is 1.54 bits per heavy atom. The number of rotatable bonds is 12. The van der Waals surface area contributed by atoms with Crippen LogP contribution in [0.1, 0.15) is 43.1 Å². The summed E-state index contributed by atoms with van der Waals surface area (Å²) in [5, 5.41) is 10.3. The van der Waals surface area contributed by atoms with Crippen LogP contribution in [0.15, 0.2) is 48.5 Å². The predicted octanol–water partition coefficient (Wildman–Crippen LogP) is 4.16. The molecule has 0 radical (unpaired) electrons. The molecule has 6 nitrogen and oxygen atoms in total. The highest BCUT2D eigenvalue weighted by atomic mass is 16.9. The van der Waals surface area contributed by atoms with Gasteiger partial charge in [-0.25, -0.2) is 0 Å². The Morgan fingerprint density at radius 1 is 0.929 bits per heavy atom. The second-order valence-corrected chi connectivity index (χ2v) is 5.95. The van der Waals surface area contributed by atoms with E-state index in [2.05, 4.69) is 0 Å². The summed E-state index contributed by atoms with van der Waals surface area (Å²) in [5.41, 5.74) is 0.743. The molecule has 2 rings (SSSR count). The van der Waals surface area contributed by atoms with Crippen molar-refractivity contribution in [2.75, 3.05) is 26.4 Å². The maximum Gasteiger partial charge on any atom is 0.286 e. The summed E-state index contributed by atoms with van der Waals surface area (Å²) in [6.45, 7) is 7.19. The number of ether oxygens (including phenoxy) is 4. The van der Waals surface area contributed by atoms with Gasteiger partial charge in [-0.15, -0.1) is 0 Å². The third kappa shape index (κ3) is 5.79. The van der Waals surface area contributed by atoms with Gasteiger partial charge >= 0.3 is 0 Å². The molecule has 2 aromatic carbocycles. The third-order valence-electron chi connectivity index (χ3n) is 4.02. The van der Waals surface area contributed by atoms with Gasteiger partial charge in [0.05, 0.1) is 18.6 Å². The molecular weight excluding hydrogens is 360 g/mol. The summed E-state index contributed by atoms with van der Waals surface area (Å²) in [7, 11) is 0. The van der Waals surface area contributed by atoms with E-state index in [-0.39, 0.29) is 23.7 Å². The van der Waals surface area contributed by atoms with Gasteiger partial charge in [-0.2, -0.15) is 0 Å². The normalized spacial score (nSPS) is 11.4. The SMILES string of the molecule is CCOC(CCOc1ccc(C(=O)c2ccccc2)c(O)c1)(OCC)OCC. The topological polar surface area (TPSA) is 74.2 Å². The average molecular weight is 388 g/mol. The molecule has 0 spiro atoms. The number of ketones is 1. The zero-order valence-corrected chi connectivity index (χ0v) is 16.6. The van der Waals surface area contributed by atoms with E-state index < -0.39 is 5.97 Å². The van der Waals surface area contributed by atoms with E-state index in [0.29, 0.717) is 37.6 Å². The van der Waals surface area contributed by atoms with E-state index in [9.17, 15) is 9.90 Å². The van der Waals surface area contributed by atoms with Gasteiger partial charge in [0.1, 0.15) is 11.5 Å². The van der Waals surface area contributed by atoms with Gasteiger partial charge in [-0.3, -0.25) is 4.79 Å². The lowest BCUT2D eigenvalue weighted by Gasteiger charge is -2.32. The highest BCUT2D eigenvalue weighted by Crippen LogP contribution is 2.27. The quantitative estimate of drug-likeness (QED) is 0.435. The molecule has 0 unspecified atom stereocenters. The first kappa shape index (κ1) is 21.9. The maximum atomic E-state index is 12.5. The molecule has 6 heteroatoms. The Kier molecular flexibility index (Phi) is 8.44. The van der Waals surface area contributed by atoms with E-state index in [0.717, 1.165) is 0 Å². The summed E-state index contributed by atoms with van der Waals surface area (Å²) < 4.78 is 22.7. The molecule has 2 aromatic rings. The molecular formula is C22H28O6. The van der Waals surface area contributed by atoms with Crippen molar-refractivity contribution in [2.45, 2.75) is 33.2 Å². The van der Waals surface area contributed by atoms with Crippen molar-refractivity contribution in [1.82, 2.24) is 0 Å². The van der Waals surface area contributed by atoms with Gasteiger partial charge in [0, 0.05) is 31.5 Å². The van der Waals surface area contributed by atoms with Gasteiger partial charge in [0.2, 0.25) is 0 Å². The number of phenols is 1. The molecule has 0 aliphatic heterocycles. The molecule has 0 saturated carbocycles. The van der Waals surface area contributed by atoms with Crippen molar-refractivity contribution >= 4 is 5.78 Å². The van der Waals surface area contributed by atoms with Crippen molar-refractivity contribution in [3.63, 3.8) is 0 Å². The van der Waals surface area contributed by atoms with Gasteiger partial charge in [0.25, 0.3) is 5.97 Å². The fourth-order valence-corrected chi connectivity index (χ4v) is 2.83. The van der Waals surface area contributed by atoms with Crippen molar-refractivity contribution in [2.24, 2.45) is 0 Å². The fourth-order valence-electron chi connectivity index (χ4n) is 2.83. The summed E-state index contributed by atoms with van der Waals surface area (Å²) in [6.07, 6.45) is 0.355. The summed E-state index contributed by atoms with van der Waals surface area (Å²) in [4.78, 5) is 12.5. The van der Waals surface area contributed by atoms with Crippen LogP contribution < -0.4 is 4.74 Å². The van der Waals surface area contributed by atoms with E-state index in [1.54, 1.807) is 36.4 Å². The molecule has 0 amide bonds. The first-order valence-electron chi connectivity index (χ1n) is 9.52. The summed E-state index contributed by atoms with van der Waals surface area (Å²) >= 11 is 0. The smallest absolute Gasteiger partial charge is 0.286 e. The largest absolute Gasteiger partial charge is 0.507 e. The van der Waals surface area contributed by atoms with Crippen molar-refractivity contribution < 1.29 is 28.8 Å². The Bertz CT molecular complexity index is 727. The molecule has 0 atom stereocenters. The summed E-state index contributed by atoms with van der Waals surface area (Å²) in [5.74, 6) is -1.07. The van der Waals surface area contributed by atoms with E-state index in [4.69, 9.17) is 18.9 Å². The lowest BCUT2D eigenvalue weighted by atomic mass is 10.0. The maximum absolute atomic E-state index is 12.5. The Hall–Kier alpha value is -2.41. The Labute approximate surface area is 166 Å². The fraction of sp³-hybridized carbons (Fsp3) is 0.409. The van der Waals surface area contributed by atoms with E-state index in [1.165, 1.54) is 6.07 Å². The Balaban J connectivity index is 2.03. The van der Waals surface area contributed by atoms with Gasteiger partial charge < -0.3 is 24.1 Å². The zero-order valence-electron chi connectivity index (χ0n) is 16.6. The van der Waals surface area contributed by atoms with Crippen LogP contribution in [0.3, 0.4) is 0 Å². The first-order valence-corrected chi connectivity index (χ1v) is 9.52. The van der Waals surface area contributed by atoms with Crippen LogP contribution in [0.4, 0.5) is 0 Å². The molecule has 0 fully saturated rings. The predicted molar refractivity (Wildman–Crippen MR) is 106 cm³/mol. The van der Waals surface area contributed by atoms with E-state index in [1.807, 2.05) is 26.8 Å². The first-order chi connectivity index (χ1) is 13.5. The van der Waals surface area contributed by atoms with Crippen molar-refractivity contribution in [3.05, 3.63) is 59.7 Å². The molecule has 0 heterocycles. The zero-order chi connectivity index (χ0) is 20.4. The standard InChI is InChI=1S/C22H28O6/c1-4-26-22(27-5-2,28-6-3)14-15-25-18-12-13-19(20(23)16-18)21(24)17-10-8-7-9-11-17/h7-13,16,23H,4-6,14-15H2,1-3H3. The molecule has 28 heavy (non-hydrogen) atoms. The lowest BCUT2D eigenvalue weighted by molar-refractivity contribution is -0.380. The molecule has 1 N–H and O–H groups in total. The van der Waals surface area contributed by atoms with Crippen LogP contribution in [0.5, 0.6) is 11.5 Å². The highest BCUT2D eigenvalue weighted by molar-refractivity contribution is 6.10. The number of benzene rings is 2. The number of hydrogen-bond donors (Lipinski definition) is 1. The number of carbonyl (C=O) groups excluding carboxylic acids is 1. The van der Waals surface area contributed by atoms with Crippen LogP contribution in [-0.4, -0.2) is 43.3 Å². The lowest BCUT2D eigenvalue weighted by Crippen LogP contribution is -2.41. The van der Waals surface area contributed by atoms with Crippen molar-refractivity contribution in [1.29, 1.82) is 0 Å². The van der Waals surface area contributed by atoms with Crippen LogP contribution in [0, 0.1) is 0 Å². The molecule has 0 aliphatic carbocycles.